The smallest absolute Gasteiger partial charge is 0.0608 e. The molecule has 1 unspecified atom stereocenters. The number of morpholine rings is 1. The molecule has 0 spiro atoms. The van der Waals surface area contributed by atoms with Crippen molar-refractivity contribution >= 4 is 11.8 Å². The van der Waals surface area contributed by atoms with E-state index in [0.29, 0.717) is 0 Å². The van der Waals surface area contributed by atoms with Crippen molar-refractivity contribution in [3.05, 3.63) is 0 Å². The molecule has 4 nitrogen and oxygen atoms in total. The van der Waals surface area contributed by atoms with E-state index in [0.717, 1.165) is 38.6 Å². The lowest BCUT2D eigenvalue weighted by molar-refractivity contribution is -0.00770. The van der Waals surface area contributed by atoms with Gasteiger partial charge in [-0.3, -0.25) is 0 Å². The van der Waals surface area contributed by atoms with E-state index in [1.807, 2.05) is 11.8 Å². The van der Waals surface area contributed by atoms with E-state index in [4.69, 9.17) is 10.5 Å². The van der Waals surface area contributed by atoms with Crippen molar-refractivity contribution in [1.82, 2.24) is 10.4 Å². The highest BCUT2D eigenvalue weighted by Crippen LogP contribution is 2.27. The Labute approximate surface area is 89.5 Å². The first-order valence-corrected chi connectivity index (χ1v) is 6.38. The summed E-state index contributed by atoms with van der Waals surface area (Å²) in [5, 5.41) is 2.27. The Hall–Kier alpha value is 0.190. The average molecular weight is 217 g/mol. The van der Waals surface area contributed by atoms with Gasteiger partial charge >= 0.3 is 0 Å². The second kappa shape index (κ2) is 4.81. The summed E-state index contributed by atoms with van der Waals surface area (Å²) in [7, 11) is 0. The Morgan fingerprint density at radius 2 is 2.21 bits per heavy atom. The normalized spacial score (nSPS) is 34.9. The third kappa shape index (κ3) is 2.41. The van der Waals surface area contributed by atoms with Crippen LogP contribution >= 0.6 is 11.8 Å². The Bertz CT molecular complexity index is 179. The number of hydrogen-bond acceptors (Lipinski definition) is 5. The molecule has 0 radical (unpaired) electrons. The molecule has 0 saturated carbocycles. The van der Waals surface area contributed by atoms with Gasteiger partial charge in [-0.05, 0) is 12.2 Å². The third-order valence-electron chi connectivity index (χ3n) is 2.90. The summed E-state index contributed by atoms with van der Waals surface area (Å²) in [5.74, 6) is 2.37. The lowest BCUT2D eigenvalue weighted by Gasteiger charge is -2.37. The maximum atomic E-state index is 5.85. The third-order valence-corrected chi connectivity index (χ3v) is 4.15. The molecule has 2 fully saturated rings. The monoisotopic (exact) mass is 217 g/mol. The quantitative estimate of drug-likeness (QED) is 0.677. The highest BCUT2D eigenvalue weighted by atomic mass is 32.2. The van der Waals surface area contributed by atoms with Crippen LogP contribution in [0.3, 0.4) is 0 Å². The van der Waals surface area contributed by atoms with Gasteiger partial charge in [-0.1, -0.05) is 0 Å². The van der Waals surface area contributed by atoms with Crippen LogP contribution < -0.4 is 11.2 Å². The fraction of sp³-hybridized carbons (Fsp3) is 1.00. The van der Waals surface area contributed by atoms with Crippen molar-refractivity contribution in [2.24, 2.45) is 5.73 Å². The molecule has 0 aromatic carbocycles. The number of thioether (sulfide) groups is 1. The van der Waals surface area contributed by atoms with Crippen LogP contribution in [0.2, 0.25) is 0 Å². The van der Waals surface area contributed by atoms with Crippen molar-refractivity contribution in [2.75, 3.05) is 44.4 Å². The van der Waals surface area contributed by atoms with E-state index < -0.39 is 0 Å². The predicted molar refractivity (Wildman–Crippen MR) is 59.3 cm³/mol. The number of hydrazine groups is 1. The minimum absolute atomic E-state index is 0.155. The Morgan fingerprint density at radius 3 is 2.79 bits per heavy atom. The Kier molecular flexibility index (Phi) is 3.67. The molecule has 0 amide bonds. The van der Waals surface area contributed by atoms with Crippen LogP contribution in [0.15, 0.2) is 0 Å². The number of ether oxygens (including phenoxy) is 1. The van der Waals surface area contributed by atoms with Crippen molar-refractivity contribution in [3.63, 3.8) is 0 Å². The van der Waals surface area contributed by atoms with E-state index in [2.05, 4.69) is 10.4 Å². The highest BCUT2D eigenvalue weighted by Gasteiger charge is 2.34. The first kappa shape index (κ1) is 10.7. The van der Waals surface area contributed by atoms with Crippen LogP contribution in [0.5, 0.6) is 0 Å². The molecular formula is C9H19N3OS. The molecule has 3 N–H and O–H groups in total. The van der Waals surface area contributed by atoms with Crippen LogP contribution in [0.1, 0.15) is 6.42 Å². The van der Waals surface area contributed by atoms with Crippen molar-refractivity contribution in [2.45, 2.75) is 12.0 Å². The number of hydrogen-bond donors (Lipinski definition) is 2. The number of nitrogens with two attached hydrogens (primary N) is 1. The molecule has 2 aliphatic heterocycles. The van der Waals surface area contributed by atoms with Crippen LogP contribution in [-0.2, 0) is 4.74 Å². The molecule has 82 valence electrons. The number of nitrogens with zero attached hydrogens (tertiary/aromatic N) is 1. The molecule has 5 heteroatoms. The summed E-state index contributed by atoms with van der Waals surface area (Å²) in [4.78, 5) is 0. The molecule has 14 heavy (non-hydrogen) atoms. The van der Waals surface area contributed by atoms with Gasteiger partial charge in [0.2, 0.25) is 0 Å². The Morgan fingerprint density at radius 1 is 1.43 bits per heavy atom. The predicted octanol–water partition coefficient (Wildman–Crippen LogP) is -0.342. The van der Waals surface area contributed by atoms with Gasteiger partial charge in [0, 0.05) is 25.4 Å². The molecular weight excluding hydrogens is 198 g/mol. The van der Waals surface area contributed by atoms with Crippen LogP contribution in [0.4, 0.5) is 0 Å². The topological polar surface area (TPSA) is 50.5 Å². The van der Waals surface area contributed by atoms with Gasteiger partial charge in [-0.25, -0.2) is 10.4 Å². The zero-order valence-corrected chi connectivity index (χ0v) is 9.31. The second-order valence-electron chi connectivity index (χ2n) is 4.00. The van der Waals surface area contributed by atoms with Gasteiger partial charge in [-0.2, -0.15) is 11.8 Å². The van der Waals surface area contributed by atoms with Crippen LogP contribution in [0, 0.1) is 0 Å². The first-order chi connectivity index (χ1) is 6.85. The van der Waals surface area contributed by atoms with Gasteiger partial charge in [0.05, 0.1) is 18.8 Å². The molecule has 1 atom stereocenters. The minimum atomic E-state index is 0.155. The largest absolute Gasteiger partial charge is 0.379 e. The van der Waals surface area contributed by atoms with E-state index in [1.54, 1.807) is 0 Å². The van der Waals surface area contributed by atoms with E-state index in [-0.39, 0.29) is 5.54 Å². The number of nitrogens with one attached hydrogen (secondary N) is 1. The van der Waals surface area contributed by atoms with Gasteiger partial charge in [0.15, 0.2) is 0 Å². The zero-order valence-electron chi connectivity index (χ0n) is 8.50. The van der Waals surface area contributed by atoms with E-state index in [9.17, 15) is 0 Å². The first-order valence-electron chi connectivity index (χ1n) is 5.23. The molecule has 2 rings (SSSR count). The maximum absolute atomic E-state index is 5.85. The summed E-state index contributed by atoms with van der Waals surface area (Å²) >= 11 is 1.99. The van der Waals surface area contributed by atoms with Crippen molar-refractivity contribution in [3.8, 4) is 0 Å². The molecule has 2 aliphatic rings. The van der Waals surface area contributed by atoms with E-state index in [1.165, 1.54) is 12.2 Å². The average Bonchev–Trinajstić information content (AvgIpc) is 2.69. The molecule has 2 heterocycles. The summed E-state index contributed by atoms with van der Waals surface area (Å²) in [6.07, 6.45) is 1.19. The molecule has 0 aliphatic carbocycles. The highest BCUT2D eigenvalue weighted by molar-refractivity contribution is 7.99. The van der Waals surface area contributed by atoms with Gasteiger partial charge < -0.3 is 10.5 Å². The van der Waals surface area contributed by atoms with Gasteiger partial charge in [0.1, 0.15) is 0 Å². The SMILES string of the molecule is NCC1(NN2CCOCC2)CCSC1. The van der Waals surface area contributed by atoms with Crippen molar-refractivity contribution in [1.29, 1.82) is 0 Å². The lowest BCUT2D eigenvalue weighted by Crippen LogP contribution is -2.60. The fourth-order valence-corrected chi connectivity index (χ4v) is 3.31. The maximum Gasteiger partial charge on any atom is 0.0608 e. The standard InChI is InChI=1S/C9H19N3OS/c10-7-9(1-6-14-8-9)11-12-2-4-13-5-3-12/h11H,1-8,10H2. The van der Waals surface area contributed by atoms with Crippen LogP contribution in [-0.4, -0.2) is 54.9 Å². The lowest BCUT2D eigenvalue weighted by atomic mass is 10.0. The van der Waals surface area contributed by atoms with E-state index >= 15 is 0 Å². The van der Waals surface area contributed by atoms with Gasteiger partial charge in [-0.15, -0.1) is 0 Å². The second-order valence-corrected chi connectivity index (χ2v) is 5.10. The summed E-state index contributed by atoms with van der Waals surface area (Å²) in [6.45, 7) is 4.36. The van der Waals surface area contributed by atoms with Crippen LogP contribution in [0.25, 0.3) is 0 Å². The number of rotatable bonds is 3. The minimum Gasteiger partial charge on any atom is -0.379 e. The molecule has 0 aromatic heterocycles. The molecule has 2 saturated heterocycles. The fourth-order valence-electron chi connectivity index (χ4n) is 1.91. The molecule has 0 aromatic rings. The van der Waals surface area contributed by atoms with Gasteiger partial charge in [0.25, 0.3) is 0 Å². The Balaban J connectivity index is 1.86. The summed E-state index contributed by atoms with van der Waals surface area (Å²) in [5.41, 5.74) is 9.60. The zero-order chi connectivity index (χ0) is 9.86. The summed E-state index contributed by atoms with van der Waals surface area (Å²) < 4.78 is 5.31. The van der Waals surface area contributed by atoms with Crippen molar-refractivity contribution < 1.29 is 4.74 Å². The summed E-state index contributed by atoms with van der Waals surface area (Å²) in [6, 6.07) is 0. The molecule has 0 bridgehead atoms.